The van der Waals surface area contributed by atoms with Gasteiger partial charge in [0.05, 0.1) is 24.1 Å². The maximum Gasteiger partial charge on any atom is 0.430 e. The van der Waals surface area contributed by atoms with E-state index in [-0.39, 0.29) is 35.4 Å². The van der Waals surface area contributed by atoms with E-state index in [0.29, 0.717) is 63.7 Å². The van der Waals surface area contributed by atoms with Crippen molar-refractivity contribution in [2.75, 3.05) is 54.6 Å². The minimum atomic E-state index is -5.98. The third-order valence-electron chi connectivity index (χ3n) is 20.3. The number of aryl methyl sites for hydroxylation is 3. The Balaban J connectivity index is 0.000000153. The summed E-state index contributed by atoms with van der Waals surface area (Å²) >= 11 is 0. The first-order valence-electron chi connectivity index (χ1n) is 35.4. The molecule has 9 aromatic rings. The van der Waals surface area contributed by atoms with Crippen LogP contribution in [0, 0.1) is 0 Å². The summed E-state index contributed by atoms with van der Waals surface area (Å²) in [5.74, 6) is -0.385. The largest absolute Gasteiger partial charge is 0.430 e. The summed E-state index contributed by atoms with van der Waals surface area (Å²) in [5, 5.41) is 12.5. The molecule has 107 heavy (non-hydrogen) atoms. The SMILES string of the molecule is CC(C)(c1ccc(CN2CCCc3cc(C(N)=O)ccc32)cc1)C(F)(F)F.CC(C)c1ccc(CN2CCCc3cc(C(N)=O)ccc32)cc1.CNC(=O)c1ccc2c(ccc(=O)n2Cc2ccc(C(O)(C(F)(F)F)C(F)(F)F)cc2)c1.NC(=O)c1ccc2c(c1)CCCN2Cc1ccc(C2CCOC2)cc1. The monoisotopic (exact) mass is 1480 g/mol. The van der Waals surface area contributed by atoms with E-state index in [0.717, 1.165) is 120 Å². The van der Waals surface area contributed by atoms with E-state index in [1.54, 1.807) is 36.4 Å². The molecule has 4 amide bonds. The molecule has 1 unspecified atom stereocenters. The Morgan fingerprint density at radius 1 is 0.505 bits per heavy atom. The van der Waals surface area contributed by atoms with Crippen molar-refractivity contribution < 1.29 is 68.5 Å². The molecule has 1 saturated heterocycles. The van der Waals surface area contributed by atoms with Gasteiger partial charge in [0.2, 0.25) is 17.7 Å². The highest BCUT2D eigenvalue weighted by atomic mass is 19.4. The van der Waals surface area contributed by atoms with E-state index in [2.05, 4.69) is 82.4 Å². The zero-order chi connectivity index (χ0) is 77.3. The van der Waals surface area contributed by atoms with Crippen molar-refractivity contribution >= 4 is 51.6 Å². The first kappa shape index (κ1) is 79.1. The second kappa shape index (κ2) is 33.1. The molecule has 8 aromatic carbocycles. The third-order valence-corrected chi connectivity index (χ3v) is 20.3. The van der Waals surface area contributed by atoms with E-state index in [9.17, 15) is 68.6 Å². The number of anilines is 3. The molecular weight excluding hydrogens is 1390 g/mol. The number of pyridine rings is 1. The molecule has 1 fully saturated rings. The fourth-order valence-electron chi connectivity index (χ4n) is 13.8. The number of primary amides is 3. The lowest BCUT2D eigenvalue weighted by atomic mass is 9.83. The smallest absolute Gasteiger partial charge is 0.381 e. The number of aromatic nitrogens is 1. The third kappa shape index (κ3) is 18.5. The Labute approximate surface area is 615 Å². The van der Waals surface area contributed by atoms with Crippen LogP contribution in [0.1, 0.15) is 168 Å². The van der Waals surface area contributed by atoms with E-state index in [1.807, 2.05) is 48.5 Å². The number of halogens is 9. The standard InChI is InChI=1S/C21H16F6N2O3.C21H23F3N2O.C21H24N2O2.C20H24N2O/c1-28-18(31)14-4-8-16-13(10-14)5-9-17(30)29(16)11-12-2-6-15(7-3-12)19(32,20(22,23)24)21(25,26)27;1-20(2,21(22,23)24)17-8-5-14(6-9-17)13-26-11-3-4-15-12-16(19(25)27)7-10-18(15)26;22-21(24)18-7-8-20-17(12-18)2-1-10-23(20)13-15-3-5-16(6-4-15)19-9-11-25-14-19;1-14(2)16-7-5-15(6-8-16)13-22-11-3-4-17-12-18(20(21)23)9-10-19(17)22/h2-10,32H,11H2,1H3,(H,28,31);5-10,12H,3-4,11,13H2,1-2H3,(H2,25,27);3-8,12,19H,1-2,9-11,13-14H2,(H2,22,24);5-10,12,14H,3-4,11,13H2,1-2H3,(H2,21,23). The van der Waals surface area contributed by atoms with Crippen LogP contribution in [-0.2, 0) is 61.2 Å². The van der Waals surface area contributed by atoms with E-state index in [1.165, 1.54) is 94.5 Å². The van der Waals surface area contributed by atoms with Crippen LogP contribution >= 0.6 is 0 Å². The Morgan fingerprint density at radius 2 is 0.907 bits per heavy atom. The summed E-state index contributed by atoms with van der Waals surface area (Å²) in [6, 6.07) is 51.9. The Bertz CT molecular complexity index is 4690. The number of fused-ring (bicyclic) bond motifs is 4. The van der Waals surface area contributed by atoms with Gasteiger partial charge in [-0.05, 0) is 205 Å². The van der Waals surface area contributed by atoms with Crippen molar-refractivity contribution in [1.82, 2.24) is 9.88 Å². The lowest BCUT2D eigenvalue weighted by molar-refractivity contribution is -0.376. The molecule has 13 rings (SSSR count). The van der Waals surface area contributed by atoms with Gasteiger partial charge >= 0.3 is 18.5 Å². The number of alkyl halides is 9. The van der Waals surface area contributed by atoms with Gasteiger partial charge in [-0.25, -0.2) is 0 Å². The molecule has 0 saturated carbocycles. The van der Waals surface area contributed by atoms with Gasteiger partial charge < -0.3 is 51.6 Å². The minimum Gasteiger partial charge on any atom is -0.381 e. The van der Waals surface area contributed by atoms with Crippen molar-refractivity contribution in [3.63, 3.8) is 0 Å². The maximum absolute atomic E-state index is 13.2. The second-order valence-corrected chi connectivity index (χ2v) is 28.2. The van der Waals surface area contributed by atoms with Crippen molar-refractivity contribution in [3.05, 3.63) is 276 Å². The van der Waals surface area contributed by atoms with Gasteiger partial charge in [-0.1, -0.05) is 111 Å². The van der Waals surface area contributed by atoms with Gasteiger partial charge in [0, 0.05) is 110 Å². The van der Waals surface area contributed by atoms with Crippen LogP contribution in [0.25, 0.3) is 10.9 Å². The first-order valence-corrected chi connectivity index (χ1v) is 35.4. The number of nitrogens with two attached hydrogens (primary N) is 3. The zero-order valence-corrected chi connectivity index (χ0v) is 60.1. The van der Waals surface area contributed by atoms with Gasteiger partial charge in [-0.2, -0.15) is 39.5 Å². The average molecular weight is 1480 g/mol. The van der Waals surface area contributed by atoms with Crippen molar-refractivity contribution in [1.29, 1.82) is 0 Å². The second-order valence-electron chi connectivity index (χ2n) is 28.2. The van der Waals surface area contributed by atoms with Gasteiger partial charge in [0.1, 0.15) is 0 Å². The Morgan fingerprint density at radius 3 is 1.29 bits per heavy atom. The number of carbonyl (C=O) groups is 4. The summed E-state index contributed by atoms with van der Waals surface area (Å²) in [6.45, 7) is 13.7. The molecule has 5 heterocycles. The molecule has 0 spiro atoms. The number of hydrogen-bond acceptors (Lipinski definition) is 10. The molecule has 0 radical (unpaired) electrons. The lowest BCUT2D eigenvalue weighted by Gasteiger charge is -2.32. The number of carbonyl (C=O) groups excluding carboxylic acids is 4. The van der Waals surface area contributed by atoms with E-state index >= 15 is 0 Å². The van der Waals surface area contributed by atoms with Gasteiger partial charge in [-0.3, -0.25) is 24.0 Å². The van der Waals surface area contributed by atoms with Crippen LogP contribution in [0.15, 0.2) is 187 Å². The highest BCUT2D eigenvalue weighted by molar-refractivity contribution is 5.98. The number of benzene rings is 8. The van der Waals surface area contributed by atoms with Crippen LogP contribution < -0.4 is 42.8 Å². The molecular formula is C83H87F9N8O7. The summed E-state index contributed by atoms with van der Waals surface area (Å²) in [6.07, 6.45) is -9.07. The minimum absolute atomic E-state index is 0.160. The lowest BCUT2D eigenvalue weighted by Crippen LogP contribution is -2.53. The average Bonchev–Trinajstić information content (AvgIpc) is 1.20. The molecule has 4 aliphatic heterocycles. The number of rotatable bonds is 16. The van der Waals surface area contributed by atoms with E-state index in [4.69, 9.17) is 21.9 Å². The summed E-state index contributed by atoms with van der Waals surface area (Å²) in [4.78, 5) is 65.3. The quantitative estimate of drug-likeness (QED) is 0.0576. The topological polar surface area (TPSA) is 220 Å². The maximum atomic E-state index is 13.2. The molecule has 1 aromatic heterocycles. The van der Waals surface area contributed by atoms with Crippen LogP contribution in [0.3, 0.4) is 0 Å². The summed E-state index contributed by atoms with van der Waals surface area (Å²) < 4.78 is 125. The number of aliphatic hydroxyl groups is 1. The van der Waals surface area contributed by atoms with Crippen molar-refractivity contribution in [2.24, 2.45) is 17.2 Å². The van der Waals surface area contributed by atoms with Crippen LogP contribution in [0.5, 0.6) is 0 Å². The van der Waals surface area contributed by atoms with E-state index < -0.39 is 46.6 Å². The number of hydrogen-bond donors (Lipinski definition) is 5. The van der Waals surface area contributed by atoms with Gasteiger partial charge in [-0.15, -0.1) is 0 Å². The van der Waals surface area contributed by atoms with Gasteiger partial charge in [0.15, 0.2) is 0 Å². The van der Waals surface area contributed by atoms with Crippen molar-refractivity contribution in [2.45, 2.75) is 140 Å². The zero-order valence-electron chi connectivity index (χ0n) is 60.1. The fraction of sp³-hybridized carbons (Fsp3) is 0.337. The Hall–Kier alpha value is -10.5. The highest BCUT2D eigenvalue weighted by Crippen LogP contribution is 2.50. The molecule has 564 valence electrons. The molecule has 4 aliphatic rings. The molecule has 0 aliphatic carbocycles. The summed E-state index contributed by atoms with van der Waals surface area (Å²) in [5.41, 5.74) is 23.7. The van der Waals surface area contributed by atoms with Crippen LogP contribution in [0.4, 0.5) is 56.6 Å². The Kier molecular flexibility index (Phi) is 24.5. The molecule has 24 heteroatoms. The number of nitrogens with one attached hydrogen (secondary N) is 1. The molecule has 1 atom stereocenters. The number of amides is 4. The predicted octanol–water partition coefficient (Wildman–Crippen LogP) is 15.4. The molecule has 8 N–H and O–H groups in total. The fourth-order valence-corrected chi connectivity index (χ4v) is 13.8. The molecule has 0 bridgehead atoms. The first-order chi connectivity index (χ1) is 50.6. The summed E-state index contributed by atoms with van der Waals surface area (Å²) in [7, 11) is 1.45. The highest BCUT2D eigenvalue weighted by Gasteiger charge is 2.71. The van der Waals surface area contributed by atoms with Crippen molar-refractivity contribution in [3.8, 4) is 0 Å². The van der Waals surface area contributed by atoms with Crippen LogP contribution in [-0.4, -0.2) is 91.7 Å². The van der Waals surface area contributed by atoms with Crippen LogP contribution in [0.2, 0.25) is 0 Å². The molecule has 15 nitrogen and oxygen atoms in total. The van der Waals surface area contributed by atoms with Gasteiger partial charge in [0.25, 0.3) is 17.1 Å². The number of ether oxygens (including phenoxy) is 1. The predicted molar refractivity (Wildman–Crippen MR) is 397 cm³/mol. The number of nitrogens with zero attached hydrogens (tertiary/aromatic N) is 4. The normalized spacial score (nSPS) is 15.1.